The first kappa shape index (κ1) is 13.0. The summed E-state index contributed by atoms with van der Waals surface area (Å²) in [6, 6.07) is 0. The molecule has 1 atom stereocenters. The smallest absolute Gasteiger partial charge is 0.00448 e. The van der Waals surface area contributed by atoms with Gasteiger partial charge in [0.15, 0.2) is 0 Å². The number of nitrogens with zero attached hydrogens (tertiary/aromatic N) is 1. The van der Waals surface area contributed by atoms with E-state index in [4.69, 9.17) is 0 Å². The van der Waals surface area contributed by atoms with Gasteiger partial charge < -0.3 is 10.2 Å². The maximum Gasteiger partial charge on any atom is 0.00448 e. The van der Waals surface area contributed by atoms with Crippen molar-refractivity contribution in [2.75, 3.05) is 33.2 Å². The molecule has 1 aliphatic rings. The van der Waals surface area contributed by atoms with Crippen molar-refractivity contribution in [3.63, 3.8) is 0 Å². The minimum Gasteiger partial charge on any atom is -0.319 e. The summed E-state index contributed by atoms with van der Waals surface area (Å²) in [5.74, 6) is 0.933. The quantitative estimate of drug-likeness (QED) is 0.769. The van der Waals surface area contributed by atoms with Gasteiger partial charge in [-0.2, -0.15) is 0 Å². The zero-order valence-corrected chi connectivity index (χ0v) is 11.0. The van der Waals surface area contributed by atoms with E-state index in [9.17, 15) is 0 Å². The molecule has 0 bridgehead atoms. The molecule has 0 aliphatic carbocycles. The number of likely N-dealkylation sites (tertiary alicyclic amines) is 1. The predicted molar refractivity (Wildman–Crippen MR) is 67.2 cm³/mol. The Kier molecular flexibility index (Phi) is 5.07. The summed E-state index contributed by atoms with van der Waals surface area (Å²) in [5.41, 5.74) is 0.405. The number of hydrogen-bond donors (Lipinski definition) is 1. The van der Waals surface area contributed by atoms with Crippen LogP contribution in [-0.2, 0) is 0 Å². The molecule has 0 saturated carbocycles. The third-order valence-corrected chi connectivity index (χ3v) is 3.42. The third-order valence-electron chi connectivity index (χ3n) is 3.42. The maximum atomic E-state index is 3.30. The fourth-order valence-electron chi connectivity index (χ4n) is 2.62. The SMILES string of the molecule is CNCC(C)(C)CN1CCCC(C)CC1. The Morgan fingerprint density at radius 2 is 2.00 bits per heavy atom. The lowest BCUT2D eigenvalue weighted by atomic mass is 9.92. The fraction of sp³-hybridized carbons (Fsp3) is 1.00. The van der Waals surface area contributed by atoms with Crippen LogP contribution in [0.25, 0.3) is 0 Å². The van der Waals surface area contributed by atoms with E-state index in [1.165, 1.54) is 38.9 Å². The van der Waals surface area contributed by atoms with Gasteiger partial charge in [-0.05, 0) is 50.7 Å². The molecule has 1 aliphatic heterocycles. The molecule has 1 N–H and O–H groups in total. The third kappa shape index (κ3) is 4.98. The Hall–Kier alpha value is -0.0800. The molecule has 0 amide bonds. The second kappa shape index (κ2) is 5.86. The molecule has 0 aromatic carbocycles. The Bertz CT molecular complexity index is 177. The lowest BCUT2D eigenvalue weighted by molar-refractivity contribution is 0.180. The van der Waals surface area contributed by atoms with Crippen LogP contribution in [-0.4, -0.2) is 38.1 Å². The minimum absolute atomic E-state index is 0.405. The van der Waals surface area contributed by atoms with Crippen LogP contribution in [0.1, 0.15) is 40.0 Å². The largest absolute Gasteiger partial charge is 0.319 e. The first-order chi connectivity index (χ1) is 7.03. The van der Waals surface area contributed by atoms with Gasteiger partial charge in [0.2, 0.25) is 0 Å². The molecule has 1 rings (SSSR count). The van der Waals surface area contributed by atoms with Crippen LogP contribution in [0.5, 0.6) is 0 Å². The molecule has 0 aromatic heterocycles. The number of nitrogens with one attached hydrogen (secondary N) is 1. The van der Waals surface area contributed by atoms with E-state index in [1.807, 2.05) is 7.05 Å². The van der Waals surface area contributed by atoms with Crippen LogP contribution in [0, 0.1) is 11.3 Å². The van der Waals surface area contributed by atoms with E-state index in [0.717, 1.165) is 12.5 Å². The normalized spacial score (nSPS) is 25.2. The maximum absolute atomic E-state index is 3.30. The van der Waals surface area contributed by atoms with Gasteiger partial charge in [0, 0.05) is 13.1 Å². The van der Waals surface area contributed by atoms with Gasteiger partial charge in [0.1, 0.15) is 0 Å². The minimum atomic E-state index is 0.405. The van der Waals surface area contributed by atoms with Gasteiger partial charge in [-0.3, -0.25) is 0 Å². The average molecular weight is 212 g/mol. The van der Waals surface area contributed by atoms with Crippen molar-refractivity contribution < 1.29 is 0 Å². The molecule has 0 aromatic rings. The molecule has 90 valence electrons. The van der Waals surface area contributed by atoms with Crippen LogP contribution in [0.3, 0.4) is 0 Å². The van der Waals surface area contributed by atoms with Crippen molar-refractivity contribution >= 4 is 0 Å². The fourth-order valence-corrected chi connectivity index (χ4v) is 2.62. The summed E-state index contributed by atoms with van der Waals surface area (Å²) in [7, 11) is 2.05. The number of rotatable bonds is 4. The van der Waals surface area contributed by atoms with Gasteiger partial charge >= 0.3 is 0 Å². The van der Waals surface area contributed by atoms with Gasteiger partial charge in [-0.25, -0.2) is 0 Å². The standard InChI is InChI=1S/C13H28N2/c1-12-6-5-8-15(9-7-12)11-13(2,3)10-14-4/h12,14H,5-11H2,1-4H3. The summed E-state index contributed by atoms with van der Waals surface area (Å²) < 4.78 is 0. The van der Waals surface area contributed by atoms with E-state index in [0.29, 0.717) is 5.41 Å². The Morgan fingerprint density at radius 3 is 2.67 bits per heavy atom. The highest BCUT2D eigenvalue weighted by Gasteiger charge is 2.22. The van der Waals surface area contributed by atoms with Crippen LogP contribution in [0.15, 0.2) is 0 Å². The zero-order chi connectivity index (χ0) is 11.3. The Morgan fingerprint density at radius 1 is 1.27 bits per heavy atom. The summed E-state index contributed by atoms with van der Waals surface area (Å²) in [6.45, 7) is 12.1. The average Bonchev–Trinajstić information content (AvgIpc) is 2.30. The van der Waals surface area contributed by atoms with E-state index in [2.05, 4.69) is 31.0 Å². The predicted octanol–water partition coefficient (Wildman–Crippen LogP) is 2.35. The second-order valence-electron chi connectivity index (χ2n) is 6.01. The van der Waals surface area contributed by atoms with Crippen molar-refractivity contribution in [3.05, 3.63) is 0 Å². The van der Waals surface area contributed by atoms with Crippen LogP contribution in [0.4, 0.5) is 0 Å². The molecule has 1 heterocycles. The molecule has 0 radical (unpaired) electrons. The van der Waals surface area contributed by atoms with Crippen molar-refractivity contribution in [2.24, 2.45) is 11.3 Å². The Labute approximate surface area is 95.4 Å². The van der Waals surface area contributed by atoms with Crippen LogP contribution < -0.4 is 5.32 Å². The van der Waals surface area contributed by atoms with E-state index < -0.39 is 0 Å². The second-order valence-corrected chi connectivity index (χ2v) is 6.01. The van der Waals surface area contributed by atoms with E-state index >= 15 is 0 Å². The summed E-state index contributed by atoms with van der Waals surface area (Å²) in [5, 5.41) is 3.30. The van der Waals surface area contributed by atoms with E-state index in [1.54, 1.807) is 0 Å². The van der Waals surface area contributed by atoms with E-state index in [-0.39, 0.29) is 0 Å². The lowest BCUT2D eigenvalue weighted by Gasteiger charge is -2.32. The summed E-state index contributed by atoms with van der Waals surface area (Å²) in [6.07, 6.45) is 4.19. The highest BCUT2D eigenvalue weighted by molar-refractivity contribution is 4.77. The summed E-state index contributed by atoms with van der Waals surface area (Å²) >= 11 is 0. The summed E-state index contributed by atoms with van der Waals surface area (Å²) in [4.78, 5) is 2.65. The molecule has 1 unspecified atom stereocenters. The van der Waals surface area contributed by atoms with Crippen LogP contribution >= 0.6 is 0 Å². The molecule has 15 heavy (non-hydrogen) atoms. The van der Waals surface area contributed by atoms with Crippen molar-refractivity contribution in [1.29, 1.82) is 0 Å². The molecular formula is C13H28N2. The first-order valence-corrected chi connectivity index (χ1v) is 6.40. The molecule has 1 saturated heterocycles. The topological polar surface area (TPSA) is 15.3 Å². The molecule has 0 spiro atoms. The lowest BCUT2D eigenvalue weighted by Crippen LogP contribution is -2.40. The number of hydrogen-bond acceptors (Lipinski definition) is 2. The van der Waals surface area contributed by atoms with Gasteiger partial charge in [0.25, 0.3) is 0 Å². The molecular weight excluding hydrogens is 184 g/mol. The van der Waals surface area contributed by atoms with Gasteiger partial charge in [-0.15, -0.1) is 0 Å². The Balaban J connectivity index is 2.36. The van der Waals surface area contributed by atoms with Gasteiger partial charge in [-0.1, -0.05) is 20.8 Å². The highest BCUT2D eigenvalue weighted by atomic mass is 15.1. The first-order valence-electron chi connectivity index (χ1n) is 6.40. The van der Waals surface area contributed by atoms with Gasteiger partial charge in [0.05, 0.1) is 0 Å². The molecule has 1 fully saturated rings. The highest BCUT2D eigenvalue weighted by Crippen LogP contribution is 2.21. The molecule has 2 nitrogen and oxygen atoms in total. The zero-order valence-electron chi connectivity index (χ0n) is 11.0. The van der Waals surface area contributed by atoms with Crippen LogP contribution in [0.2, 0.25) is 0 Å². The monoisotopic (exact) mass is 212 g/mol. The van der Waals surface area contributed by atoms with Crippen molar-refractivity contribution in [2.45, 2.75) is 40.0 Å². The molecule has 2 heteroatoms. The van der Waals surface area contributed by atoms with Crippen molar-refractivity contribution in [3.8, 4) is 0 Å². The van der Waals surface area contributed by atoms with Crippen molar-refractivity contribution in [1.82, 2.24) is 10.2 Å².